The van der Waals surface area contributed by atoms with Gasteiger partial charge in [0.15, 0.2) is 0 Å². The number of rotatable bonds is 3. The van der Waals surface area contributed by atoms with Crippen molar-refractivity contribution in [3.05, 3.63) is 29.6 Å². The predicted molar refractivity (Wildman–Crippen MR) is 68.6 cm³/mol. The molecule has 1 N–H and O–H groups in total. The van der Waals surface area contributed by atoms with Crippen LogP contribution >= 0.6 is 0 Å². The maximum Gasteiger partial charge on any atom is 0.304 e. The zero-order chi connectivity index (χ0) is 12.9. The zero-order valence-corrected chi connectivity index (χ0v) is 10.6. The lowest BCUT2D eigenvalue weighted by atomic mass is 9.92. The summed E-state index contributed by atoms with van der Waals surface area (Å²) in [5.74, 6) is 0.263. The van der Waals surface area contributed by atoms with Crippen molar-refractivity contribution in [2.45, 2.75) is 31.6 Å². The Morgan fingerprint density at radius 1 is 1.50 bits per heavy atom. The molecule has 4 heteroatoms. The van der Waals surface area contributed by atoms with Crippen LogP contribution in [0, 0.1) is 6.92 Å². The van der Waals surface area contributed by atoms with Gasteiger partial charge in [-0.3, -0.25) is 4.79 Å². The second-order valence-electron chi connectivity index (χ2n) is 5.27. The van der Waals surface area contributed by atoms with Crippen LogP contribution in [0.25, 0.3) is 11.0 Å². The first-order valence-electron chi connectivity index (χ1n) is 6.17. The highest BCUT2D eigenvalue weighted by Crippen LogP contribution is 2.51. The molecule has 4 nitrogen and oxygen atoms in total. The first-order valence-corrected chi connectivity index (χ1v) is 6.17. The van der Waals surface area contributed by atoms with Gasteiger partial charge in [-0.25, -0.2) is 4.98 Å². The lowest BCUT2D eigenvalue weighted by Crippen LogP contribution is -2.12. The molecule has 1 aromatic carbocycles. The van der Waals surface area contributed by atoms with Crippen molar-refractivity contribution in [1.82, 2.24) is 9.55 Å². The molecule has 1 aliphatic rings. The molecule has 0 saturated heterocycles. The quantitative estimate of drug-likeness (QED) is 0.902. The number of aromatic nitrogens is 2. The van der Waals surface area contributed by atoms with Crippen LogP contribution in [0.2, 0.25) is 0 Å². The molecule has 1 fully saturated rings. The zero-order valence-electron chi connectivity index (χ0n) is 10.6. The van der Waals surface area contributed by atoms with E-state index >= 15 is 0 Å². The molecule has 1 saturated carbocycles. The molecule has 2 aromatic rings. The van der Waals surface area contributed by atoms with Gasteiger partial charge in [-0.05, 0) is 37.5 Å². The Kier molecular flexibility index (Phi) is 2.24. The van der Waals surface area contributed by atoms with Crippen molar-refractivity contribution in [1.29, 1.82) is 0 Å². The number of aliphatic carboxylic acids is 1. The molecule has 0 aliphatic heterocycles. The third-order valence-electron chi connectivity index (χ3n) is 4.06. The van der Waals surface area contributed by atoms with Crippen LogP contribution < -0.4 is 0 Å². The van der Waals surface area contributed by atoms with Crippen molar-refractivity contribution in [3.63, 3.8) is 0 Å². The van der Waals surface area contributed by atoms with E-state index in [0.717, 1.165) is 35.3 Å². The van der Waals surface area contributed by atoms with Gasteiger partial charge in [-0.2, -0.15) is 0 Å². The van der Waals surface area contributed by atoms with Gasteiger partial charge in [0, 0.05) is 12.5 Å². The summed E-state index contributed by atoms with van der Waals surface area (Å²) in [6.07, 6.45) is 2.18. The minimum atomic E-state index is -0.714. The number of aryl methyl sites for hydroxylation is 2. The second kappa shape index (κ2) is 3.57. The molecule has 1 aromatic heterocycles. The Morgan fingerprint density at radius 2 is 2.22 bits per heavy atom. The molecule has 0 amide bonds. The molecule has 0 atom stereocenters. The van der Waals surface area contributed by atoms with Crippen LogP contribution in [0.4, 0.5) is 0 Å². The summed E-state index contributed by atoms with van der Waals surface area (Å²) in [5.41, 5.74) is 3.07. The smallest absolute Gasteiger partial charge is 0.304 e. The van der Waals surface area contributed by atoms with Crippen LogP contribution in [-0.2, 0) is 17.3 Å². The minimum Gasteiger partial charge on any atom is -0.481 e. The lowest BCUT2D eigenvalue weighted by molar-refractivity contribution is -0.137. The average Bonchev–Trinajstić information content (AvgIpc) is 3.02. The van der Waals surface area contributed by atoms with E-state index in [1.165, 1.54) is 0 Å². The summed E-state index contributed by atoms with van der Waals surface area (Å²) < 4.78 is 2.05. The molecule has 1 aliphatic carbocycles. The number of benzene rings is 1. The van der Waals surface area contributed by atoms with E-state index in [2.05, 4.69) is 15.6 Å². The summed E-state index contributed by atoms with van der Waals surface area (Å²) in [6, 6.07) is 6.13. The van der Waals surface area contributed by atoms with Gasteiger partial charge in [0.25, 0.3) is 0 Å². The summed E-state index contributed by atoms with van der Waals surface area (Å²) in [7, 11) is 1.99. The molecule has 0 radical (unpaired) electrons. The standard InChI is InChI=1S/C14H16N2O2/c1-9-15-11-4-3-10(7-12(11)16(9)2)14(5-6-14)8-13(17)18/h3-4,7H,5-6,8H2,1-2H3,(H,17,18). The fraction of sp³-hybridized carbons (Fsp3) is 0.429. The van der Waals surface area contributed by atoms with Crippen molar-refractivity contribution < 1.29 is 9.90 Å². The van der Waals surface area contributed by atoms with E-state index in [4.69, 9.17) is 5.11 Å². The van der Waals surface area contributed by atoms with Gasteiger partial charge in [-0.1, -0.05) is 6.07 Å². The maximum atomic E-state index is 10.9. The SMILES string of the molecule is Cc1nc2ccc(C3(CC(=O)O)CC3)cc2n1C. The first kappa shape index (κ1) is 11.3. The number of carbonyl (C=O) groups is 1. The largest absolute Gasteiger partial charge is 0.481 e. The molecule has 0 unspecified atom stereocenters. The number of imidazole rings is 1. The molecule has 0 bridgehead atoms. The van der Waals surface area contributed by atoms with Crippen LogP contribution in [0.15, 0.2) is 18.2 Å². The predicted octanol–water partition coefficient (Wildman–Crippen LogP) is 2.39. The van der Waals surface area contributed by atoms with Gasteiger partial charge >= 0.3 is 5.97 Å². The number of nitrogens with zero attached hydrogens (tertiary/aromatic N) is 2. The Labute approximate surface area is 105 Å². The van der Waals surface area contributed by atoms with Crippen LogP contribution in [-0.4, -0.2) is 20.6 Å². The number of hydrogen-bond donors (Lipinski definition) is 1. The first-order chi connectivity index (χ1) is 8.52. The topological polar surface area (TPSA) is 55.1 Å². The Hall–Kier alpha value is -1.84. The minimum absolute atomic E-state index is 0.127. The van der Waals surface area contributed by atoms with Crippen molar-refractivity contribution in [3.8, 4) is 0 Å². The highest BCUT2D eigenvalue weighted by molar-refractivity contribution is 5.78. The molecule has 0 spiro atoms. The van der Waals surface area contributed by atoms with E-state index in [1.54, 1.807) is 0 Å². The Morgan fingerprint density at radius 3 is 2.83 bits per heavy atom. The lowest BCUT2D eigenvalue weighted by Gasteiger charge is -2.13. The van der Waals surface area contributed by atoms with E-state index in [-0.39, 0.29) is 11.8 Å². The van der Waals surface area contributed by atoms with E-state index in [0.29, 0.717) is 0 Å². The van der Waals surface area contributed by atoms with Crippen LogP contribution in [0.3, 0.4) is 0 Å². The normalized spacial score (nSPS) is 17.0. The fourth-order valence-electron chi connectivity index (χ4n) is 2.65. The molecule has 94 valence electrons. The summed E-state index contributed by atoms with van der Waals surface area (Å²) in [4.78, 5) is 15.4. The molecular formula is C14H16N2O2. The van der Waals surface area contributed by atoms with E-state index < -0.39 is 5.97 Å². The highest BCUT2D eigenvalue weighted by atomic mass is 16.4. The van der Waals surface area contributed by atoms with Gasteiger partial charge in [0.2, 0.25) is 0 Å². The van der Waals surface area contributed by atoms with Gasteiger partial charge in [-0.15, -0.1) is 0 Å². The van der Waals surface area contributed by atoms with Gasteiger partial charge < -0.3 is 9.67 Å². The fourth-order valence-corrected chi connectivity index (χ4v) is 2.65. The van der Waals surface area contributed by atoms with Crippen LogP contribution in [0.1, 0.15) is 30.7 Å². The van der Waals surface area contributed by atoms with E-state index in [9.17, 15) is 4.79 Å². The molecular weight excluding hydrogens is 228 g/mol. The third kappa shape index (κ3) is 1.60. The maximum absolute atomic E-state index is 10.9. The average molecular weight is 244 g/mol. The summed E-state index contributed by atoms with van der Waals surface area (Å²) in [5, 5.41) is 9.00. The summed E-state index contributed by atoms with van der Waals surface area (Å²) >= 11 is 0. The second-order valence-corrected chi connectivity index (χ2v) is 5.27. The Bertz CT molecular complexity index is 639. The monoisotopic (exact) mass is 244 g/mol. The summed E-state index contributed by atoms with van der Waals surface area (Å²) in [6.45, 7) is 1.98. The number of hydrogen-bond acceptors (Lipinski definition) is 2. The number of fused-ring (bicyclic) bond motifs is 1. The molecule has 18 heavy (non-hydrogen) atoms. The third-order valence-corrected chi connectivity index (χ3v) is 4.06. The number of carboxylic acid groups (broad SMARTS) is 1. The van der Waals surface area contributed by atoms with Crippen molar-refractivity contribution >= 4 is 17.0 Å². The Balaban J connectivity index is 2.08. The van der Waals surface area contributed by atoms with Crippen LogP contribution in [0.5, 0.6) is 0 Å². The number of carboxylic acids is 1. The van der Waals surface area contributed by atoms with Gasteiger partial charge in [0.1, 0.15) is 5.82 Å². The van der Waals surface area contributed by atoms with E-state index in [1.807, 2.05) is 26.1 Å². The highest BCUT2D eigenvalue weighted by Gasteiger charge is 2.46. The van der Waals surface area contributed by atoms with Crippen molar-refractivity contribution in [2.24, 2.45) is 7.05 Å². The molecule has 3 rings (SSSR count). The van der Waals surface area contributed by atoms with Crippen molar-refractivity contribution in [2.75, 3.05) is 0 Å². The van der Waals surface area contributed by atoms with Gasteiger partial charge in [0.05, 0.1) is 17.5 Å². The molecule has 1 heterocycles.